The first-order chi connectivity index (χ1) is 7.65. The fourth-order valence-electron chi connectivity index (χ4n) is 3.46. The van der Waals surface area contributed by atoms with Crippen molar-refractivity contribution in [2.75, 3.05) is 0 Å². The van der Waals surface area contributed by atoms with Crippen LogP contribution in [0.5, 0.6) is 0 Å². The van der Waals surface area contributed by atoms with Gasteiger partial charge in [-0.2, -0.15) is 0 Å². The predicted octanol–water partition coefficient (Wildman–Crippen LogP) is 3.79. The summed E-state index contributed by atoms with van der Waals surface area (Å²) in [5.74, 6) is 1.40. The Morgan fingerprint density at radius 2 is 2.19 bits per heavy atom. The smallest absolute Gasteiger partial charge is 0.00890 e. The van der Waals surface area contributed by atoms with Gasteiger partial charge in [0, 0.05) is 5.70 Å². The van der Waals surface area contributed by atoms with Crippen LogP contribution in [0.2, 0.25) is 0 Å². The largest absolute Gasteiger partial charge is 0.402 e. The Kier molecular flexibility index (Phi) is 3.22. The van der Waals surface area contributed by atoms with Gasteiger partial charge in [0.2, 0.25) is 0 Å². The lowest BCUT2D eigenvalue weighted by atomic mass is 9.62. The summed E-state index contributed by atoms with van der Waals surface area (Å²) in [6.07, 6.45) is 15.1. The van der Waals surface area contributed by atoms with Crippen molar-refractivity contribution >= 4 is 0 Å². The summed E-state index contributed by atoms with van der Waals surface area (Å²) in [5, 5.41) is 0. The zero-order valence-electron chi connectivity index (χ0n) is 10.3. The van der Waals surface area contributed by atoms with Gasteiger partial charge in [-0.25, -0.2) is 0 Å². The predicted molar refractivity (Wildman–Crippen MR) is 69.8 cm³/mol. The van der Waals surface area contributed by atoms with E-state index in [1.807, 2.05) is 6.08 Å². The lowest BCUT2D eigenvalue weighted by Gasteiger charge is -2.43. The summed E-state index contributed by atoms with van der Waals surface area (Å²) < 4.78 is 0. The standard InChI is InChI=1S/C15H23N/c1-3-12-7-4-5-9-14(12)15(2)10-6-8-13(16)11-15/h3,6,8,10,12,14H,1,4-5,7,9,11,16H2,2H3. The van der Waals surface area contributed by atoms with Gasteiger partial charge in [-0.3, -0.25) is 0 Å². The molecule has 2 aliphatic rings. The monoisotopic (exact) mass is 217 g/mol. The van der Waals surface area contributed by atoms with Crippen LogP contribution >= 0.6 is 0 Å². The van der Waals surface area contributed by atoms with E-state index in [4.69, 9.17) is 5.73 Å². The number of hydrogen-bond acceptors (Lipinski definition) is 1. The van der Waals surface area contributed by atoms with E-state index in [1.165, 1.54) is 25.7 Å². The quantitative estimate of drug-likeness (QED) is 0.700. The van der Waals surface area contributed by atoms with Gasteiger partial charge in [-0.1, -0.05) is 38.0 Å². The fourth-order valence-corrected chi connectivity index (χ4v) is 3.46. The molecule has 0 heterocycles. The molecule has 0 bridgehead atoms. The third-order valence-corrected chi connectivity index (χ3v) is 4.34. The third-order valence-electron chi connectivity index (χ3n) is 4.34. The van der Waals surface area contributed by atoms with E-state index in [1.54, 1.807) is 0 Å². The highest BCUT2D eigenvalue weighted by molar-refractivity contribution is 5.23. The molecule has 0 aliphatic heterocycles. The molecule has 0 aromatic rings. The summed E-state index contributed by atoms with van der Waals surface area (Å²) in [5.41, 5.74) is 7.26. The Labute approximate surface area is 99.1 Å². The Morgan fingerprint density at radius 1 is 1.44 bits per heavy atom. The van der Waals surface area contributed by atoms with Gasteiger partial charge in [-0.05, 0) is 42.6 Å². The molecule has 0 aromatic carbocycles. The molecule has 0 saturated heterocycles. The van der Waals surface area contributed by atoms with E-state index in [0.29, 0.717) is 5.92 Å². The zero-order chi connectivity index (χ0) is 11.6. The molecule has 3 atom stereocenters. The van der Waals surface area contributed by atoms with Gasteiger partial charge in [0.15, 0.2) is 0 Å². The summed E-state index contributed by atoms with van der Waals surface area (Å²) in [7, 11) is 0. The first kappa shape index (κ1) is 11.5. The second kappa shape index (κ2) is 4.48. The first-order valence-corrected chi connectivity index (χ1v) is 6.42. The molecule has 1 saturated carbocycles. The van der Waals surface area contributed by atoms with Crippen LogP contribution in [0.3, 0.4) is 0 Å². The highest BCUT2D eigenvalue weighted by Gasteiger charge is 2.38. The van der Waals surface area contributed by atoms with E-state index in [0.717, 1.165) is 18.0 Å². The topological polar surface area (TPSA) is 26.0 Å². The lowest BCUT2D eigenvalue weighted by Crippen LogP contribution is -2.35. The fraction of sp³-hybridized carbons (Fsp3) is 0.600. The molecule has 0 amide bonds. The van der Waals surface area contributed by atoms with Crippen molar-refractivity contribution in [3.63, 3.8) is 0 Å². The van der Waals surface area contributed by atoms with Crippen LogP contribution in [0, 0.1) is 17.3 Å². The summed E-state index contributed by atoms with van der Waals surface area (Å²) in [6, 6.07) is 0. The van der Waals surface area contributed by atoms with E-state index in [2.05, 4.69) is 31.7 Å². The first-order valence-electron chi connectivity index (χ1n) is 6.42. The van der Waals surface area contributed by atoms with Gasteiger partial charge in [-0.15, -0.1) is 6.58 Å². The molecule has 1 fully saturated rings. The number of hydrogen-bond donors (Lipinski definition) is 1. The van der Waals surface area contributed by atoms with Crippen LogP contribution in [-0.4, -0.2) is 0 Å². The highest BCUT2D eigenvalue weighted by atomic mass is 14.6. The molecule has 0 aromatic heterocycles. The van der Waals surface area contributed by atoms with E-state index < -0.39 is 0 Å². The molecule has 2 rings (SSSR count). The number of rotatable bonds is 2. The van der Waals surface area contributed by atoms with Gasteiger partial charge >= 0.3 is 0 Å². The second-order valence-corrected chi connectivity index (χ2v) is 5.57. The average molecular weight is 217 g/mol. The maximum atomic E-state index is 5.99. The van der Waals surface area contributed by atoms with Gasteiger partial charge in [0.25, 0.3) is 0 Å². The van der Waals surface area contributed by atoms with Crippen molar-refractivity contribution in [3.05, 3.63) is 36.6 Å². The lowest BCUT2D eigenvalue weighted by molar-refractivity contribution is 0.142. The van der Waals surface area contributed by atoms with Crippen molar-refractivity contribution < 1.29 is 0 Å². The van der Waals surface area contributed by atoms with Crippen LogP contribution in [0.15, 0.2) is 36.6 Å². The highest BCUT2D eigenvalue weighted by Crippen LogP contribution is 2.47. The zero-order valence-corrected chi connectivity index (χ0v) is 10.3. The minimum atomic E-state index is 0.248. The molecule has 0 radical (unpaired) electrons. The molecular formula is C15H23N. The Morgan fingerprint density at radius 3 is 2.88 bits per heavy atom. The number of allylic oxidation sites excluding steroid dienone is 5. The summed E-state index contributed by atoms with van der Waals surface area (Å²) >= 11 is 0. The molecule has 2 aliphatic carbocycles. The molecule has 0 spiro atoms. The summed E-state index contributed by atoms with van der Waals surface area (Å²) in [6.45, 7) is 6.37. The Hall–Kier alpha value is -0.980. The molecule has 3 unspecified atom stereocenters. The Bertz CT molecular complexity index is 326. The van der Waals surface area contributed by atoms with Crippen molar-refractivity contribution in [2.24, 2.45) is 23.0 Å². The molecule has 1 nitrogen and oxygen atoms in total. The van der Waals surface area contributed by atoms with Gasteiger partial charge in [0.05, 0.1) is 0 Å². The maximum Gasteiger partial charge on any atom is 0.00890 e. The van der Waals surface area contributed by atoms with E-state index in [-0.39, 0.29) is 5.41 Å². The van der Waals surface area contributed by atoms with Crippen molar-refractivity contribution in [1.29, 1.82) is 0 Å². The maximum absolute atomic E-state index is 5.99. The summed E-state index contributed by atoms with van der Waals surface area (Å²) in [4.78, 5) is 0. The average Bonchev–Trinajstić information content (AvgIpc) is 2.29. The normalized spacial score (nSPS) is 39.2. The van der Waals surface area contributed by atoms with Crippen molar-refractivity contribution in [1.82, 2.24) is 0 Å². The SMILES string of the molecule is C=CC1CCCCC1C1(C)C=CC=C(N)C1. The van der Waals surface area contributed by atoms with Crippen LogP contribution in [0.4, 0.5) is 0 Å². The minimum absolute atomic E-state index is 0.248. The minimum Gasteiger partial charge on any atom is -0.402 e. The van der Waals surface area contributed by atoms with Crippen LogP contribution in [0.1, 0.15) is 39.0 Å². The van der Waals surface area contributed by atoms with Crippen molar-refractivity contribution in [2.45, 2.75) is 39.0 Å². The number of nitrogens with two attached hydrogens (primary N) is 1. The van der Waals surface area contributed by atoms with Crippen LogP contribution in [-0.2, 0) is 0 Å². The Balaban J connectivity index is 2.18. The third kappa shape index (κ3) is 2.09. The molecular weight excluding hydrogens is 194 g/mol. The van der Waals surface area contributed by atoms with E-state index >= 15 is 0 Å². The van der Waals surface area contributed by atoms with Gasteiger partial charge < -0.3 is 5.73 Å². The molecule has 16 heavy (non-hydrogen) atoms. The molecule has 2 N–H and O–H groups in total. The van der Waals surface area contributed by atoms with Crippen molar-refractivity contribution in [3.8, 4) is 0 Å². The molecule has 88 valence electrons. The molecule has 1 heteroatoms. The van der Waals surface area contributed by atoms with Gasteiger partial charge in [0.1, 0.15) is 0 Å². The second-order valence-electron chi connectivity index (χ2n) is 5.57. The van der Waals surface area contributed by atoms with Crippen LogP contribution < -0.4 is 5.73 Å². The van der Waals surface area contributed by atoms with Crippen LogP contribution in [0.25, 0.3) is 0 Å². The van der Waals surface area contributed by atoms with E-state index in [9.17, 15) is 0 Å².